The topological polar surface area (TPSA) is 67.8 Å². The Bertz CT molecular complexity index is 710. The first kappa shape index (κ1) is 15.7. The molecule has 2 aromatic carbocycles. The summed E-state index contributed by atoms with van der Waals surface area (Å²) in [6, 6.07) is 8.34. The number of amides is 1. The Hall–Kier alpha value is -2.69. The molecule has 0 spiro atoms. The minimum Gasteiger partial charge on any atom is -0.507 e. The highest BCUT2D eigenvalue weighted by Crippen LogP contribution is 2.34. The van der Waals surface area contributed by atoms with Crippen molar-refractivity contribution in [3.63, 3.8) is 0 Å². The summed E-state index contributed by atoms with van der Waals surface area (Å²) < 4.78 is 10.5. The zero-order chi connectivity index (χ0) is 16.3. The number of phenolic OH excluding ortho intramolecular Hbond substituents is 1. The van der Waals surface area contributed by atoms with Crippen molar-refractivity contribution >= 4 is 11.6 Å². The normalized spacial score (nSPS) is 10.2. The fraction of sp³-hybridized carbons (Fsp3) is 0.235. The maximum atomic E-state index is 12.3. The van der Waals surface area contributed by atoms with Crippen LogP contribution in [0.1, 0.15) is 21.5 Å². The fourth-order valence-electron chi connectivity index (χ4n) is 2.26. The number of anilines is 1. The molecule has 0 unspecified atom stereocenters. The molecule has 0 saturated heterocycles. The van der Waals surface area contributed by atoms with E-state index in [0.717, 1.165) is 11.1 Å². The second kappa shape index (κ2) is 6.39. The SMILES string of the molecule is COc1cc(NC(=O)c2cc(C)ccc2O)cc(C)c1OC. The number of phenols is 1. The van der Waals surface area contributed by atoms with E-state index in [1.165, 1.54) is 13.2 Å². The van der Waals surface area contributed by atoms with Crippen molar-refractivity contribution in [1.82, 2.24) is 0 Å². The zero-order valence-electron chi connectivity index (χ0n) is 13.1. The average molecular weight is 301 g/mol. The standard InChI is InChI=1S/C17H19NO4/c1-10-5-6-14(19)13(7-10)17(20)18-12-8-11(2)16(22-4)15(9-12)21-3/h5-9,19H,1-4H3,(H,18,20). The third-order valence-electron chi connectivity index (χ3n) is 3.32. The highest BCUT2D eigenvalue weighted by molar-refractivity contribution is 6.06. The van der Waals surface area contributed by atoms with Gasteiger partial charge in [-0.15, -0.1) is 0 Å². The first-order chi connectivity index (χ1) is 10.5. The van der Waals surface area contributed by atoms with Crippen LogP contribution in [0.3, 0.4) is 0 Å². The van der Waals surface area contributed by atoms with Gasteiger partial charge in [0.1, 0.15) is 5.75 Å². The lowest BCUT2D eigenvalue weighted by molar-refractivity contribution is 0.102. The van der Waals surface area contributed by atoms with Gasteiger partial charge in [0, 0.05) is 11.8 Å². The van der Waals surface area contributed by atoms with Crippen LogP contribution in [-0.4, -0.2) is 25.2 Å². The zero-order valence-corrected chi connectivity index (χ0v) is 13.1. The molecule has 116 valence electrons. The van der Waals surface area contributed by atoms with E-state index < -0.39 is 0 Å². The summed E-state index contributed by atoms with van der Waals surface area (Å²) in [5.41, 5.74) is 2.53. The molecule has 2 aromatic rings. The monoisotopic (exact) mass is 301 g/mol. The molecule has 0 aromatic heterocycles. The van der Waals surface area contributed by atoms with Gasteiger partial charge < -0.3 is 19.9 Å². The lowest BCUT2D eigenvalue weighted by atomic mass is 10.1. The number of carbonyl (C=O) groups excluding carboxylic acids is 1. The van der Waals surface area contributed by atoms with Crippen molar-refractivity contribution in [1.29, 1.82) is 0 Å². The minimum absolute atomic E-state index is 0.0553. The molecule has 0 saturated carbocycles. The van der Waals surface area contributed by atoms with Gasteiger partial charge in [-0.05, 0) is 37.6 Å². The Morgan fingerprint density at radius 3 is 2.45 bits per heavy atom. The predicted molar refractivity (Wildman–Crippen MR) is 85.1 cm³/mol. The number of methoxy groups -OCH3 is 2. The average Bonchev–Trinajstić information content (AvgIpc) is 2.48. The Kier molecular flexibility index (Phi) is 4.56. The molecule has 0 bridgehead atoms. The van der Waals surface area contributed by atoms with Crippen LogP contribution in [0, 0.1) is 13.8 Å². The van der Waals surface area contributed by atoms with E-state index in [1.54, 1.807) is 31.4 Å². The van der Waals surface area contributed by atoms with E-state index in [4.69, 9.17) is 9.47 Å². The van der Waals surface area contributed by atoms with Gasteiger partial charge in [-0.3, -0.25) is 4.79 Å². The van der Waals surface area contributed by atoms with Gasteiger partial charge in [0.25, 0.3) is 5.91 Å². The van der Waals surface area contributed by atoms with Gasteiger partial charge >= 0.3 is 0 Å². The van der Waals surface area contributed by atoms with Crippen LogP contribution in [0.25, 0.3) is 0 Å². The van der Waals surface area contributed by atoms with Crippen molar-refractivity contribution in [2.24, 2.45) is 0 Å². The number of rotatable bonds is 4. The van der Waals surface area contributed by atoms with Crippen molar-refractivity contribution in [2.75, 3.05) is 19.5 Å². The Morgan fingerprint density at radius 1 is 1.09 bits per heavy atom. The van der Waals surface area contributed by atoms with Crippen LogP contribution in [-0.2, 0) is 0 Å². The summed E-state index contributed by atoms with van der Waals surface area (Å²) in [6.45, 7) is 3.72. The van der Waals surface area contributed by atoms with E-state index >= 15 is 0 Å². The van der Waals surface area contributed by atoms with E-state index in [-0.39, 0.29) is 17.2 Å². The molecule has 22 heavy (non-hydrogen) atoms. The number of hydrogen-bond acceptors (Lipinski definition) is 4. The highest BCUT2D eigenvalue weighted by Gasteiger charge is 2.14. The fourth-order valence-corrected chi connectivity index (χ4v) is 2.26. The molecule has 0 aliphatic heterocycles. The lowest BCUT2D eigenvalue weighted by Gasteiger charge is -2.14. The predicted octanol–water partition coefficient (Wildman–Crippen LogP) is 3.28. The molecule has 5 nitrogen and oxygen atoms in total. The van der Waals surface area contributed by atoms with Crippen molar-refractivity contribution in [3.05, 3.63) is 47.0 Å². The van der Waals surface area contributed by atoms with Crippen LogP contribution in [0.15, 0.2) is 30.3 Å². The molecule has 0 radical (unpaired) electrons. The second-order valence-electron chi connectivity index (χ2n) is 5.00. The summed E-state index contributed by atoms with van der Waals surface area (Å²) in [4.78, 5) is 12.3. The van der Waals surface area contributed by atoms with E-state index in [1.807, 2.05) is 13.8 Å². The number of ether oxygens (including phenoxy) is 2. The third kappa shape index (κ3) is 3.14. The number of benzene rings is 2. The molecule has 0 aliphatic rings. The molecule has 0 aliphatic carbocycles. The van der Waals surface area contributed by atoms with Crippen molar-refractivity contribution in [3.8, 4) is 17.2 Å². The van der Waals surface area contributed by atoms with Gasteiger partial charge in [0.05, 0.1) is 19.8 Å². The summed E-state index contributed by atoms with van der Waals surface area (Å²) in [5.74, 6) is 0.721. The van der Waals surface area contributed by atoms with Crippen LogP contribution >= 0.6 is 0 Å². The molecule has 0 atom stereocenters. The van der Waals surface area contributed by atoms with Crippen LogP contribution in [0.2, 0.25) is 0 Å². The molecule has 1 amide bonds. The largest absolute Gasteiger partial charge is 0.507 e. The molecule has 2 N–H and O–H groups in total. The summed E-state index contributed by atoms with van der Waals surface area (Å²) in [5, 5.41) is 12.6. The lowest BCUT2D eigenvalue weighted by Crippen LogP contribution is -2.12. The molecule has 2 rings (SSSR count). The third-order valence-corrected chi connectivity index (χ3v) is 3.32. The molecular weight excluding hydrogens is 282 g/mol. The molecular formula is C17H19NO4. The van der Waals surface area contributed by atoms with Gasteiger partial charge in [-0.1, -0.05) is 11.6 Å². The van der Waals surface area contributed by atoms with Crippen molar-refractivity contribution in [2.45, 2.75) is 13.8 Å². The number of aryl methyl sites for hydroxylation is 2. The van der Waals surface area contributed by atoms with Gasteiger partial charge in [0.15, 0.2) is 11.5 Å². The molecule has 0 heterocycles. The maximum Gasteiger partial charge on any atom is 0.259 e. The van der Waals surface area contributed by atoms with Gasteiger partial charge in [-0.2, -0.15) is 0 Å². The summed E-state index contributed by atoms with van der Waals surface area (Å²) >= 11 is 0. The molecule has 0 fully saturated rings. The van der Waals surface area contributed by atoms with Gasteiger partial charge in [-0.25, -0.2) is 0 Å². The molecule has 5 heteroatoms. The Morgan fingerprint density at radius 2 is 1.82 bits per heavy atom. The number of nitrogens with one attached hydrogen (secondary N) is 1. The van der Waals surface area contributed by atoms with E-state index in [9.17, 15) is 9.90 Å². The van der Waals surface area contributed by atoms with Gasteiger partial charge in [0.2, 0.25) is 0 Å². The second-order valence-corrected chi connectivity index (χ2v) is 5.00. The number of carbonyl (C=O) groups is 1. The van der Waals surface area contributed by atoms with E-state index in [0.29, 0.717) is 17.2 Å². The summed E-state index contributed by atoms with van der Waals surface area (Å²) in [7, 11) is 3.10. The first-order valence-corrected chi connectivity index (χ1v) is 6.80. The minimum atomic E-state index is -0.382. The number of hydrogen-bond donors (Lipinski definition) is 2. The van der Waals surface area contributed by atoms with E-state index in [2.05, 4.69) is 5.32 Å². The summed E-state index contributed by atoms with van der Waals surface area (Å²) in [6.07, 6.45) is 0. The van der Waals surface area contributed by atoms with Crippen LogP contribution < -0.4 is 14.8 Å². The highest BCUT2D eigenvalue weighted by atomic mass is 16.5. The Labute approximate surface area is 129 Å². The quantitative estimate of drug-likeness (QED) is 0.909. The first-order valence-electron chi connectivity index (χ1n) is 6.80. The van der Waals surface area contributed by atoms with Crippen LogP contribution in [0.4, 0.5) is 5.69 Å². The van der Waals surface area contributed by atoms with Crippen molar-refractivity contribution < 1.29 is 19.4 Å². The Balaban J connectivity index is 2.32. The van der Waals surface area contributed by atoms with Crippen LogP contribution in [0.5, 0.6) is 17.2 Å². The smallest absolute Gasteiger partial charge is 0.259 e. The maximum absolute atomic E-state index is 12.3. The number of aromatic hydroxyl groups is 1.